The molecule has 3 heterocycles. The minimum Gasteiger partial charge on any atom is -0.465 e. The molecule has 212 valence electrons. The zero-order valence-electron chi connectivity index (χ0n) is 23.3. The number of benzene rings is 2. The molecule has 1 aromatic heterocycles. The molecule has 2 unspecified atom stereocenters. The number of ether oxygens (including phenoxy) is 1. The maximum Gasteiger partial charge on any atom is 0.348 e. The second-order valence-electron chi connectivity index (χ2n) is 10.5. The molecule has 10 heteroatoms. The molecular weight excluding hydrogens is 546 g/mol. The van der Waals surface area contributed by atoms with E-state index < -0.39 is 21.9 Å². The number of carbonyl (C=O) groups excluding carboxylic acids is 2. The van der Waals surface area contributed by atoms with Crippen molar-refractivity contribution in [2.45, 2.75) is 30.9 Å². The van der Waals surface area contributed by atoms with Gasteiger partial charge in [0.2, 0.25) is 5.91 Å². The van der Waals surface area contributed by atoms with Crippen molar-refractivity contribution in [3.8, 4) is 0 Å². The Balaban J connectivity index is 1.38. The van der Waals surface area contributed by atoms with Crippen molar-refractivity contribution in [2.24, 2.45) is 5.92 Å². The summed E-state index contributed by atoms with van der Waals surface area (Å²) in [5.41, 5.74) is 5.14. The lowest BCUT2D eigenvalue weighted by Crippen LogP contribution is -2.51. The number of thiophene rings is 1. The van der Waals surface area contributed by atoms with Crippen LogP contribution in [-0.4, -0.2) is 75.9 Å². The highest BCUT2D eigenvalue weighted by Gasteiger charge is 2.46. The molecule has 0 radical (unpaired) electrons. The summed E-state index contributed by atoms with van der Waals surface area (Å²) in [6.07, 6.45) is 0. The fourth-order valence-electron chi connectivity index (χ4n) is 5.77. The molecule has 0 spiro atoms. The van der Waals surface area contributed by atoms with Crippen LogP contribution in [0.25, 0.3) is 0 Å². The van der Waals surface area contributed by atoms with Gasteiger partial charge in [0, 0.05) is 50.9 Å². The van der Waals surface area contributed by atoms with Crippen molar-refractivity contribution in [2.75, 3.05) is 51.3 Å². The van der Waals surface area contributed by atoms with E-state index in [4.69, 9.17) is 4.74 Å². The van der Waals surface area contributed by atoms with Crippen LogP contribution in [0.2, 0.25) is 0 Å². The molecule has 0 N–H and O–H groups in total. The van der Waals surface area contributed by atoms with Gasteiger partial charge >= 0.3 is 5.97 Å². The molecule has 3 aromatic rings. The van der Waals surface area contributed by atoms with Crippen LogP contribution in [-0.2, 0) is 19.6 Å². The van der Waals surface area contributed by atoms with E-state index >= 15 is 0 Å². The molecule has 0 bridgehead atoms. The Labute approximate surface area is 240 Å². The number of hydrogen-bond acceptors (Lipinski definition) is 7. The van der Waals surface area contributed by atoms with Gasteiger partial charge in [-0.1, -0.05) is 42.5 Å². The molecule has 2 fully saturated rings. The van der Waals surface area contributed by atoms with Crippen molar-refractivity contribution in [1.82, 2.24) is 9.21 Å². The van der Waals surface area contributed by atoms with Gasteiger partial charge in [-0.15, -0.1) is 11.3 Å². The second-order valence-corrected chi connectivity index (χ2v) is 13.7. The van der Waals surface area contributed by atoms with Crippen LogP contribution in [0.15, 0.2) is 58.8 Å². The SMILES string of the molecule is COC(=O)c1cc(C)c(S(=O)(=O)N2CC(C(=O)N3CCN(c4cccc(C)c4C)CC3)C(c3ccccc3)C2)s1. The van der Waals surface area contributed by atoms with Gasteiger partial charge in [0.15, 0.2) is 0 Å². The number of amides is 1. The van der Waals surface area contributed by atoms with Gasteiger partial charge < -0.3 is 14.5 Å². The molecular formula is C30H35N3O5S2. The number of nitrogens with zero attached hydrogens (tertiary/aromatic N) is 3. The number of carbonyl (C=O) groups is 2. The molecule has 2 aliphatic heterocycles. The first-order chi connectivity index (χ1) is 19.1. The van der Waals surface area contributed by atoms with E-state index in [0.29, 0.717) is 18.7 Å². The van der Waals surface area contributed by atoms with Gasteiger partial charge in [-0.05, 0) is 55.2 Å². The highest BCUT2D eigenvalue weighted by atomic mass is 32.2. The molecule has 0 saturated carbocycles. The third-order valence-corrected chi connectivity index (χ3v) is 11.8. The number of rotatable bonds is 6. The van der Waals surface area contributed by atoms with Gasteiger partial charge in [-0.3, -0.25) is 4.79 Å². The van der Waals surface area contributed by atoms with E-state index in [1.807, 2.05) is 35.2 Å². The van der Waals surface area contributed by atoms with Gasteiger partial charge in [0.25, 0.3) is 10.0 Å². The second kappa shape index (κ2) is 11.3. The van der Waals surface area contributed by atoms with E-state index in [-0.39, 0.29) is 34.0 Å². The Morgan fingerprint density at radius 1 is 0.900 bits per heavy atom. The fourth-order valence-corrected chi connectivity index (χ4v) is 9.02. The Kier molecular flexibility index (Phi) is 8.03. The summed E-state index contributed by atoms with van der Waals surface area (Å²) >= 11 is 0.916. The van der Waals surface area contributed by atoms with Gasteiger partial charge in [0.1, 0.15) is 9.09 Å². The summed E-state index contributed by atoms with van der Waals surface area (Å²) in [5.74, 6) is -1.33. The minimum atomic E-state index is -3.92. The molecule has 8 nitrogen and oxygen atoms in total. The largest absolute Gasteiger partial charge is 0.465 e. The number of aryl methyl sites for hydroxylation is 2. The molecule has 2 atom stereocenters. The van der Waals surface area contributed by atoms with E-state index in [0.717, 1.165) is 30.0 Å². The predicted octanol–water partition coefficient (Wildman–Crippen LogP) is 4.21. The number of esters is 1. The average molecular weight is 582 g/mol. The predicted molar refractivity (Wildman–Crippen MR) is 157 cm³/mol. The lowest BCUT2D eigenvalue weighted by Gasteiger charge is -2.38. The Morgan fingerprint density at radius 2 is 1.60 bits per heavy atom. The third kappa shape index (κ3) is 5.27. The quantitative estimate of drug-likeness (QED) is 0.406. The maximum atomic E-state index is 14.0. The number of sulfonamides is 1. The maximum absolute atomic E-state index is 14.0. The van der Waals surface area contributed by atoms with Crippen molar-refractivity contribution in [3.05, 3.63) is 81.7 Å². The summed E-state index contributed by atoms with van der Waals surface area (Å²) in [6, 6.07) is 17.5. The zero-order chi connectivity index (χ0) is 28.6. The van der Waals surface area contributed by atoms with E-state index in [1.54, 1.807) is 13.0 Å². The molecule has 40 heavy (non-hydrogen) atoms. The monoisotopic (exact) mass is 581 g/mol. The number of methoxy groups -OCH3 is 1. The summed E-state index contributed by atoms with van der Waals surface area (Å²) in [4.78, 5) is 30.5. The summed E-state index contributed by atoms with van der Waals surface area (Å²) < 4.78 is 34.0. The van der Waals surface area contributed by atoms with Gasteiger partial charge in [-0.25, -0.2) is 13.2 Å². The summed E-state index contributed by atoms with van der Waals surface area (Å²) in [6.45, 7) is 8.85. The first-order valence-electron chi connectivity index (χ1n) is 13.5. The van der Waals surface area contributed by atoms with Gasteiger partial charge in [0.05, 0.1) is 13.0 Å². The first kappa shape index (κ1) is 28.3. The number of piperazine rings is 1. The Bertz CT molecular complexity index is 1510. The zero-order valence-corrected chi connectivity index (χ0v) is 24.9. The van der Waals surface area contributed by atoms with Crippen LogP contribution in [0, 0.1) is 26.7 Å². The van der Waals surface area contributed by atoms with Crippen molar-refractivity contribution >= 4 is 38.9 Å². The highest BCUT2D eigenvalue weighted by molar-refractivity contribution is 7.91. The van der Waals surface area contributed by atoms with E-state index in [2.05, 4.69) is 36.9 Å². The minimum absolute atomic E-state index is 0.00896. The lowest BCUT2D eigenvalue weighted by molar-refractivity contribution is -0.135. The first-order valence-corrected chi connectivity index (χ1v) is 15.7. The number of hydrogen-bond donors (Lipinski definition) is 0. The van der Waals surface area contributed by atoms with Crippen LogP contribution < -0.4 is 4.90 Å². The standard InChI is InChI=1S/C30H35N3O5S2/c1-20-9-8-12-26(22(20)3)31-13-15-32(16-14-31)28(34)25-19-33(18-24(25)23-10-6-5-7-11-23)40(36,37)30-21(2)17-27(39-30)29(35)38-4/h5-12,17,24-25H,13-16,18-19H2,1-4H3. The van der Waals surface area contributed by atoms with Crippen LogP contribution in [0.1, 0.15) is 37.8 Å². The summed E-state index contributed by atoms with van der Waals surface area (Å²) in [5, 5.41) is 0. The lowest BCUT2D eigenvalue weighted by atomic mass is 9.88. The van der Waals surface area contributed by atoms with Crippen LogP contribution >= 0.6 is 11.3 Å². The summed E-state index contributed by atoms with van der Waals surface area (Å²) in [7, 11) is -2.64. The average Bonchev–Trinajstić information content (AvgIpc) is 3.60. The van der Waals surface area contributed by atoms with Crippen LogP contribution in [0.5, 0.6) is 0 Å². The number of anilines is 1. The van der Waals surface area contributed by atoms with E-state index in [9.17, 15) is 18.0 Å². The van der Waals surface area contributed by atoms with E-state index in [1.165, 1.54) is 28.2 Å². The van der Waals surface area contributed by atoms with Crippen molar-refractivity contribution in [1.29, 1.82) is 0 Å². The topological polar surface area (TPSA) is 87.2 Å². The highest BCUT2D eigenvalue weighted by Crippen LogP contribution is 2.39. The Hall–Kier alpha value is -3.21. The van der Waals surface area contributed by atoms with Crippen molar-refractivity contribution < 1.29 is 22.7 Å². The Morgan fingerprint density at radius 3 is 2.27 bits per heavy atom. The third-order valence-electron chi connectivity index (χ3n) is 8.17. The normalized spacial score (nSPS) is 20.1. The van der Waals surface area contributed by atoms with Gasteiger partial charge in [-0.2, -0.15) is 4.31 Å². The smallest absolute Gasteiger partial charge is 0.348 e. The van der Waals surface area contributed by atoms with Crippen molar-refractivity contribution in [3.63, 3.8) is 0 Å². The van der Waals surface area contributed by atoms with Crippen LogP contribution in [0.3, 0.4) is 0 Å². The molecule has 2 aliphatic rings. The molecule has 0 aliphatic carbocycles. The molecule has 5 rings (SSSR count). The van der Waals surface area contributed by atoms with Crippen LogP contribution in [0.4, 0.5) is 5.69 Å². The molecule has 1 amide bonds. The molecule has 2 saturated heterocycles. The molecule has 2 aromatic carbocycles. The fraction of sp³-hybridized carbons (Fsp3) is 0.400.